The fourth-order valence-electron chi connectivity index (χ4n) is 1.57. The van der Waals surface area contributed by atoms with Crippen molar-refractivity contribution >= 4 is 5.78 Å². The Hall–Kier alpha value is -1.78. The first kappa shape index (κ1) is 15.3. The van der Waals surface area contributed by atoms with E-state index in [1.165, 1.54) is 18.2 Å². The molecule has 5 heteroatoms. The fourth-order valence-corrected chi connectivity index (χ4v) is 1.57. The molecular formula is C14H15F3O2. The normalized spacial score (nSPS) is 11.0. The van der Waals surface area contributed by atoms with Crippen molar-refractivity contribution in [1.82, 2.24) is 0 Å². The highest BCUT2D eigenvalue weighted by atomic mass is 19.4. The summed E-state index contributed by atoms with van der Waals surface area (Å²) in [5.41, 5.74) is 1.13. The minimum atomic E-state index is -4.75. The van der Waals surface area contributed by atoms with Gasteiger partial charge < -0.3 is 4.74 Å². The molecule has 0 heterocycles. The predicted octanol–water partition coefficient (Wildman–Crippen LogP) is 4.51. The Bertz CT molecular complexity index is 470. The van der Waals surface area contributed by atoms with Crippen LogP contribution < -0.4 is 4.74 Å². The van der Waals surface area contributed by atoms with Crippen molar-refractivity contribution in [2.24, 2.45) is 0 Å². The van der Waals surface area contributed by atoms with Gasteiger partial charge in [-0.05, 0) is 31.1 Å². The smallest absolute Gasteiger partial charge is 0.406 e. The molecule has 0 amide bonds. The maximum absolute atomic E-state index is 12.1. The topological polar surface area (TPSA) is 26.3 Å². The number of ketones is 1. The van der Waals surface area contributed by atoms with Gasteiger partial charge in [0.2, 0.25) is 0 Å². The highest BCUT2D eigenvalue weighted by Gasteiger charge is 2.31. The van der Waals surface area contributed by atoms with Crippen LogP contribution in [0.5, 0.6) is 5.75 Å². The van der Waals surface area contributed by atoms with Gasteiger partial charge in [-0.25, -0.2) is 0 Å². The number of ether oxygens (including phenoxy) is 1. The first-order valence-corrected chi connectivity index (χ1v) is 5.95. The summed E-state index contributed by atoms with van der Waals surface area (Å²) in [5.74, 6) is -0.701. The van der Waals surface area contributed by atoms with Crippen molar-refractivity contribution in [2.45, 2.75) is 33.1 Å². The number of alkyl halides is 3. The minimum absolute atomic E-state index is 0.182. The Kier molecular flexibility index (Phi) is 5.15. The molecule has 2 nitrogen and oxygen atoms in total. The van der Waals surface area contributed by atoms with Gasteiger partial charge in [-0.3, -0.25) is 4.79 Å². The standard InChI is InChI=1S/C14H15F3O2/c1-3-10(4-2)8-13(18)11-6-5-7-12(9-11)19-14(15,16)17/h5-9H,3-4H2,1-2H3. The van der Waals surface area contributed by atoms with Gasteiger partial charge in [0.25, 0.3) is 0 Å². The van der Waals surface area contributed by atoms with Crippen LogP contribution in [-0.4, -0.2) is 12.1 Å². The molecule has 0 aliphatic carbocycles. The summed E-state index contributed by atoms with van der Waals surface area (Å²) in [6, 6.07) is 5.08. The molecule has 0 saturated carbocycles. The summed E-state index contributed by atoms with van der Waals surface area (Å²) >= 11 is 0. The third kappa shape index (κ3) is 5.16. The third-order valence-electron chi connectivity index (χ3n) is 2.60. The van der Waals surface area contributed by atoms with Crippen molar-refractivity contribution in [3.63, 3.8) is 0 Å². The Morgan fingerprint density at radius 3 is 2.42 bits per heavy atom. The molecular weight excluding hydrogens is 257 g/mol. The molecule has 0 N–H and O–H groups in total. The van der Waals surface area contributed by atoms with Gasteiger partial charge in [0.05, 0.1) is 0 Å². The maximum Gasteiger partial charge on any atom is 0.573 e. The summed E-state index contributed by atoms with van der Waals surface area (Å²) < 4.78 is 40.0. The molecule has 0 aromatic heterocycles. The average Bonchev–Trinajstić information content (AvgIpc) is 2.34. The summed E-state index contributed by atoms with van der Waals surface area (Å²) in [6.45, 7) is 3.84. The molecule has 1 rings (SSSR count). The number of hydrogen-bond acceptors (Lipinski definition) is 2. The Morgan fingerprint density at radius 1 is 1.26 bits per heavy atom. The molecule has 0 spiro atoms. The van der Waals surface area contributed by atoms with Crippen LogP contribution in [0.3, 0.4) is 0 Å². The number of benzene rings is 1. The van der Waals surface area contributed by atoms with Crippen LogP contribution in [0.2, 0.25) is 0 Å². The van der Waals surface area contributed by atoms with Crippen molar-refractivity contribution < 1.29 is 22.7 Å². The number of carbonyl (C=O) groups excluding carboxylic acids is 1. The van der Waals surface area contributed by atoms with Gasteiger partial charge in [-0.2, -0.15) is 0 Å². The average molecular weight is 272 g/mol. The van der Waals surface area contributed by atoms with E-state index in [1.54, 1.807) is 0 Å². The van der Waals surface area contributed by atoms with E-state index in [4.69, 9.17) is 0 Å². The first-order valence-electron chi connectivity index (χ1n) is 5.95. The highest BCUT2D eigenvalue weighted by Crippen LogP contribution is 2.23. The zero-order valence-electron chi connectivity index (χ0n) is 10.8. The van der Waals surface area contributed by atoms with Crippen LogP contribution in [0.1, 0.15) is 37.0 Å². The van der Waals surface area contributed by atoms with Crippen LogP contribution >= 0.6 is 0 Å². The molecule has 0 bridgehead atoms. The molecule has 1 aromatic rings. The SMILES string of the molecule is CCC(=CC(=O)c1cccc(OC(F)(F)F)c1)CC. The lowest BCUT2D eigenvalue weighted by Gasteiger charge is -2.09. The quantitative estimate of drug-likeness (QED) is 0.582. The number of rotatable bonds is 5. The summed E-state index contributed by atoms with van der Waals surface area (Å²) in [7, 11) is 0. The molecule has 0 unspecified atom stereocenters. The van der Waals surface area contributed by atoms with Gasteiger partial charge in [0.1, 0.15) is 5.75 Å². The van der Waals surface area contributed by atoms with Crippen molar-refractivity contribution in [1.29, 1.82) is 0 Å². The van der Waals surface area contributed by atoms with Gasteiger partial charge in [-0.1, -0.05) is 31.6 Å². The molecule has 104 valence electrons. The second kappa shape index (κ2) is 6.41. The van der Waals surface area contributed by atoms with Crippen LogP contribution in [-0.2, 0) is 0 Å². The lowest BCUT2D eigenvalue weighted by Crippen LogP contribution is -2.17. The van der Waals surface area contributed by atoms with Crippen molar-refractivity contribution in [3.8, 4) is 5.75 Å². The Balaban J connectivity index is 2.93. The lowest BCUT2D eigenvalue weighted by atomic mass is 10.0. The van der Waals surface area contributed by atoms with Crippen molar-refractivity contribution in [3.05, 3.63) is 41.5 Å². The second-order valence-corrected chi connectivity index (χ2v) is 3.95. The molecule has 0 atom stereocenters. The molecule has 0 saturated heterocycles. The number of allylic oxidation sites excluding steroid dienone is 2. The van der Waals surface area contributed by atoms with E-state index in [0.29, 0.717) is 0 Å². The molecule has 19 heavy (non-hydrogen) atoms. The van der Waals surface area contributed by atoms with E-state index in [-0.39, 0.29) is 17.1 Å². The Morgan fingerprint density at radius 2 is 1.89 bits per heavy atom. The zero-order chi connectivity index (χ0) is 14.5. The molecule has 0 fully saturated rings. The second-order valence-electron chi connectivity index (χ2n) is 3.95. The van der Waals surface area contributed by atoms with Crippen LogP contribution in [0.4, 0.5) is 13.2 Å². The summed E-state index contributed by atoms with van der Waals surface area (Å²) in [6.07, 6.45) is -1.82. The van der Waals surface area contributed by atoms with Crippen LogP contribution in [0.25, 0.3) is 0 Å². The number of hydrogen-bond donors (Lipinski definition) is 0. The highest BCUT2D eigenvalue weighted by molar-refractivity contribution is 6.05. The van der Waals surface area contributed by atoms with Gasteiger partial charge in [0.15, 0.2) is 5.78 Å². The monoisotopic (exact) mass is 272 g/mol. The van der Waals surface area contributed by atoms with Crippen molar-refractivity contribution in [2.75, 3.05) is 0 Å². The maximum atomic E-state index is 12.1. The van der Waals surface area contributed by atoms with E-state index in [9.17, 15) is 18.0 Å². The molecule has 1 aromatic carbocycles. The Labute approximate surface area is 109 Å². The van der Waals surface area contributed by atoms with Gasteiger partial charge in [-0.15, -0.1) is 13.2 Å². The lowest BCUT2D eigenvalue weighted by molar-refractivity contribution is -0.274. The van der Waals surface area contributed by atoms with Crippen LogP contribution in [0.15, 0.2) is 35.9 Å². The minimum Gasteiger partial charge on any atom is -0.406 e. The summed E-state index contributed by atoms with van der Waals surface area (Å²) in [5, 5.41) is 0. The van der Waals surface area contributed by atoms with E-state index in [0.717, 1.165) is 30.5 Å². The van der Waals surface area contributed by atoms with Gasteiger partial charge >= 0.3 is 6.36 Å². The molecule has 0 radical (unpaired) electrons. The third-order valence-corrected chi connectivity index (χ3v) is 2.60. The predicted molar refractivity (Wildman–Crippen MR) is 66.1 cm³/mol. The van der Waals surface area contributed by atoms with E-state index >= 15 is 0 Å². The van der Waals surface area contributed by atoms with E-state index < -0.39 is 6.36 Å². The van der Waals surface area contributed by atoms with Gasteiger partial charge in [0, 0.05) is 5.56 Å². The summed E-state index contributed by atoms with van der Waals surface area (Å²) in [4.78, 5) is 11.9. The molecule has 0 aliphatic rings. The van der Waals surface area contributed by atoms with E-state index in [2.05, 4.69) is 4.74 Å². The first-order chi connectivity index (χ1) is 8.85. The number of carbonyl (C=O) groups is 1. The van der Waals surface area contributed by atoms with E-state index in [1.807, 2.05) is 13.8 Å². The molecule has 0 aliphatic heterocycles. The fraction of sp³-hybridized carbons (Fsp3) is 0.357. The zero-order valence-corrected chi connectivity index (χ0v) is 10.8. The largest absolute Gasteiger partial charge is 0.573 e. The number of halogens is 3. The van der Waals surface area contributed by atoms with Crippen LogP contribution in [0, 0.1) is 0 Å².